The van der Waals surface area contributed by atoms with E-state index in [0.29, 0.717) is 12.1 Å². The Morgan fingerprint density at radius 1 is 1.29 bits per heavy atom. The van der Waals surface area contributed by atoms with Crippen molar-refractivity contribution in [3.8, 4) is 0 Å². The van der Waals surface area contributed by atoms with Crippen LogP contribution in [-0.4, -0.2) is 37.7 Å². The van der Waals surface area contributed by atoms with Gasteiger partial charge in [0.15, 0.2) is 0 Å². The standard InChI is InChI=1S/C22H30N2O2S2/c1-3-16(2)28(25,26)23-18-8-10-22-20(14-18)21(15-27-22)17-7-9-19-6-4-5-12-24(19)13-11-17/h8,10-11,14-16,19,23H,3-7,9,12-13H2,1-2H3. The molecule has 4 nitrogen and oxygen atoms in total. The monoisotopic (exact) mass is 418 g/mol. The van der Waals surface area contributed by atoms with Crippen LogP contribution in [0, 0.1) is 0 Å². The van der Waals surface area contributed by atoms with Crippen molar-refractivity contribution in [1.82, 2.24) is 4.90 Å². The van der Waals surface area contributed by atoms with E-state index in [1.165, 1.54) is 53.5 Å². The second-order valence-electron chi connectivity index (χ2n) is 8.14. The zero-order valence-electron chi connectivity index (χ0n) is 16.8. The number of nitrogens with one attached hydrogen (secondary N) is 1. The Hall–Kier alpha value is -1.37. The Morgan fingerprint density at radius 2 is 2.14 bits per heavy atom. The molecule has 0 saturated carbocycles. The number of anilines is 1. The summed E-state index contributed by atoms with van der Waals surface area (Å²) in [6.45, 7) is 5.91. The molecule has 1 aromatic carbocycles. The van der Waals surface area contributed by atoms with Crippen LogP contribution in [0.3, 0.4) is 0 Å². The van der Waals surface area contributed by atoms with Gasteiger partial charge in [0.05, 0.1) is 5.25 Å². The van der Waals surface area contributed by atoms with Gasteiger partial charge in [-0.15, -0.1) is 11.3 Å². The van der Waals surface area contributed by atoms with Crippen LogP contribution in [0.5, 0.6) is 0 Å². The Labute approximate surface area is 172 Å². The van der Waals surface area contributed by atoms with Gasteiger partial charge in [0, 0.05) is 28.4 Å². The first kappa shape index (κ1) is 19.9. The summed E-state index contributed by atoms with van der Waals surface area (Å²) in [7, 11) is -3.34. The van der Waals surface area contributed by atoms with Crippen LogP contribution < -0.4 is 4.72 Å². The minimum Gasteiger partial charge on any atom is -0.297 e. The molecular weight excluding hydrogens is 388 g/mol. The van der Waals surface area contributed by atoms with Crippen molar-refractivity contribution in [3.05, 3.63) is 35.2 Å². The number of hydrogen-bond donors (Lipinski definition) is 1. The summed E-state index contributed by atoms with van der Waals surface area (Å²) in [5.41, 5.74) is 3.37. The highest BCUT2D eigenvalue weighted by molar-refractivity contribution is 7.93. The summed E-state index contributed by atoms with van der Waals surface area (Å²) in [5.74, 6) is 0. The maximum atomic E-state index is 12.5. The van der Waals surface area contributed by atoms with Gasteiger partial charge in [-0.05, 0) is 80.3 Å². The smallest absolute Gasteiger partial charge is 0.235 e. The van der Waals surface area contributed by atoms with Crippen LogP contribution in [0.15, 0.2) is 29.7 Å². The van der Waals surface area contributed by atoms with E-state index in [4.69, 9.17) is 0 Å². The maximum Gasteiger partial charge on any atom is 0.235 e. The lowest BCUT2D eigenvalue weighted by atomic mass is 9.95. The summed E-state index contributed by atoms with van der Waals surface area (Å²) in [6, 6.07) is 6.66. The van der Waals surface area contributed by atoms with E-state index in [2.05, 4.69) is 21.1 Å². The summed E-state index contributed by atoms with van der Waals surface area (Å²) in [4.78, 5) is 2.64. The highest BCUT2D eigenvalue weighted by atomic mass is 32.2. The van der Waals surface area contributed by atoms with Gasteiger partial charge in [-0.3, -0.25) is 9.62 Å². The number of allylic oxidation sites excluding steroid dienone is 1. The van der Waals surface area contributed by atoms with E-state index in [1.54, 1.807) is 18.3 Å². The molecule has 6 heteroatoms. The van der Waals surface area contributed by atoms with Gasteiger partial charge >= 0.3 is 0 Å². The van der Waals surface area contributed by atoms with E-state index < -0.39 is 15.3 Å². The number of thiophene rings is 1. The van der Waals surface area contributed by atoms with Crippen LogP contribution in [0.2, 0.25) is 0 Å². The SMILES string of the molecule is CCC(C)S(=O)(=O)Nc1ccc2scc(C3=CCN4CCCCC4CC3)c2c1. The van der Waals surface area contributed by atoms with Crippen molar-refractivity contribution < 1.29 is 8.42 Å². The first-order chi connectivity index (χ1) is 13.5. The number of fused-ring (bicyclic) bond motifs is 2. The fourth-order valence-electron chi connectivity index (χ4n) is 4.35. The lowest BCUT2D eigenvalue weighted by Crippen LogP contribution is -2.38. The van der Waals surface area contributed by atoms with Crippen LogP contribution in [0.4, 0.5) is 5.69 Å². The molecule has 3 heterocycles. The largest absolute Gasteiger partial charge is 0.297 e. The molecule has 2 atom stereocenters. The number of nitrogens with zero attached hydrogens (tertiary/aromatic N) is 1. The predicted octanol–water partition coefficient (Wildman–Crippen LogP) is 5.47. The molecule has 1 N–H and O–H groups in total. The zero-order chi connectivity index (χ0) is 19.7. The third-order valence-corrected chi connectivity index (χ3v) is 9.23. The molecule has 2 unspecified atom stereocenters. The predicted molar refractivity (Wildman–Crippen MR) is 121 cm³/mol. The van der Waals surface area contributed by atoms with Gasteiger partial charge in [-0.2, -0.15) is 0 Å². The van der Waals surface area contributed by atoms with E-state index in [1.807, 2.05) is 25.1 Å². The molecule has 0 aliphatic carbocycles. The Kier molecular flexibility index (Phi) is 5.81. The average molecular weight is 419 g/mol. The molecular formula is C22H30N2O2S2. The summed E-state index contributed by atoms with van der Waals surface area (Å²) in [5, 5.41) is 3.01. The quantitative estimate of drug-likeness (QED) is 0.700. The molecule has 4 rings (SSSR count). The summed E-state index contributed by atoms with van der Waals surface area (Å²) >= 11 is 1.75. The third kappa shape index (κ3) is 4.00. The van der Waals surface area contributed by atoms with Gasteiger partial charge in [0.2, 0.25) is 10.0 Å². The van der Waals surface area contributed by atoms with Crippen molar-refractivity contribution in [2.24, 2.45) is 0 Å². The average Bonchev–Trinajstić information content (AvgIpc) is 2.98. The molecule has 2 aromatic rings. The van der Waals surface area contributed by atoms with E-state index >= 15 is 0 Å². The minimum atomic E-state index is -3.34. The van der Waals surface area contributed by atoms with Gasteiger partial charge in [0.1, 0.15) is 0 Å². The molecule has 152 valence electrons. The third-order valence-electron chi connectivity index (χ3n) is 6.35. The van der Waals surface area contributed by atoms with Crippen molar-refractivity contribution in [2.45, 2.75) is 63.7 Å². The molecule has 2 aliphatic rings. The number of sulfonamides is 1. The van der Waals surface area contributed by atoms with Crippen LogP contribution in [0.1, 0.15) is 57.9 Å². The lowest BCUT2D eigenvalue weighted by molar-refractivity contribution is 0.161. The molecule has 1 saturated heterocycles. The molecule has 28 heavy (non-hydrogen) atoms. The van der Waals surface area contributed by atoms with Crippen molar-refractivity contribution in [3.63, 3.8) is 0 Å². The topological polar surface area (TPSA) is 49.4 Å². The molecule has 0 spiro atoms. The van der Waals surface area contributed by atoms with Gasteiger partial charge < -0.3 is 0 Å². The lowest BCUT2D eigenvalue weighted by Gasteiger charge is -2.33. The van der Waals surface area contributed by atoms with E-state index in [0.717, 1.165) is 19.0 Å². The van der Waals surface area contributed by atoms with Crippen LogP contribution in [0.25, 0.3) is 15.7 Å². The van der Waals surface area contributed by atoms with Gasteiger partial charge in [-0.1, -0.05) is 19.4 Å². The van der Waals surface area contributed by atoms with E-state index in [9.17, 15) is 8.42 Å². The first-order valence-corrected chi connectivity index (χ1v) is 12.9. The Balaban J connectivity index is 1.62. The van der Waals surface area contributed by atoms with Crippen molar-refractivity contribution in [1.29, 1.82) is 0 Å². The molecule has 0 amide bonds. The summed E-state index contributed by atoms with van der Waals surface area (Å²) < 4.78 is 28.9. The number of benzene rings is 1. The fraction of sp³-hybridized carbons (Fsp3) is 0.545. The van der Waals surface area contributed by atoms with Crippen molar-refractivity contribution in [2.75, 3.05) is 17.8 Å². The highest BCUT2D eigenvalue weighted by Crippen LogP contribution is 2.37. The van der Waals surface area contributed by atoms with Gasteiger partial charge in [0.25, 0.3) is 0 Å². The number of piperidine rings is 1. The number of rotatable bonds is 5. The van der Waals surface area contributed by atoms with Crippen LogP contribution in [-0.2, 0) is 10.0 Å². The molecule has 0 radical (unpaired) electrons. The Morgan fingerprint density at radius 3 is 2.96 bits per heavy atom. The second-order valence-corrected chi connectivity index (χ2v) is 11.1. The van der Waals surface area contributed by atoms with E-state index in [-0.39, 0.29) is 0 Å². The van der Waals surface area contributed by atoms with Crippen LogP contribution >= 0.6 is 11.3 Å². The minimum absolute atomic E-state index is 0.396. The molecule has 2 aliphatic heterocycles. The zero-order valence-corrected chi connectivity index (χ0v) is 18.4. The number of hydrogen-bond acceptors (Lipinski definition) is 4. The fourth-order valence-corrected chi connectivity index (χ4v) is 6.41. The maximum absolute atomic E-state index is 12.5. The molecule has 1 aromatic heterocycles. The first-order valence-electron chi connectivity index (χ1n) is 10.4. The normalized spacial score (nSPS) is 22.4. The summed E-state index contributed by atoms with van der Waals surface area (Å²) in [6.07, 6.45) is 9.35. The molecule has 0 bridgehead atoms. The Bertz CT molecular complexity index is 978. The second kappa shape index (κ2) is 8.17. The highest BCUT2D eigenvalue weighted by Gasteiger charge is 2.25. The van der Waals surface area contributed by atoms with Crippen molar-refractivity contribution >= 4 is 42.7 Å². The van der Waals surface area contributed by atoms with Gasteiger partial charge in [-0.25, -0.2) is 8.42 Å². The molecule has 1 fully saturated rings.